The van der Waals surface area contributed by atoms with Crippen LogP contribution in [0.3, 0.4) is 0 Å². The molecular weight excluding hydrogens is 284 g/mol. The first-order valence-corrected chi connectivity index (χ1v) is 6.21. The SMILES string of the molecule is COCC(O)CN(C)Cc1ccc(Br)c(N)c1. The van der Waals surface area contributed by atoms with Crippen molar-refractivity contribution in [1.29, 1.82) is 0 Å². The number of ether oxygens (including phenoxy) is 1. The van der Waals surface area contributed by atoms with Crippen molar-refractivity contribution in [3.05, 3.63) is 28.2 Å². The van der Waals surface area contributed by atoms with E-state index in [9.17, 15) is 5.11 Å². The van der Waals surface area contributed by atoms with Crippen LogP contribution in [-0.4, -0.2) is 43.4 Å². The first kappa shape index (κ1) is 14.4. The number of anilines is 1. The molecule has 0 aliphatic heterocycles. The van der Waals surface area contributed by atoms with Gasteiger partial charge in [-0.3, -0.25) is 4.90 Å². The number of nitrogen functional groups attached to an aromatic ring is 1. The van der Waals surface area contributed by atoms with Gasteiger partial charge >= 0.3 is 0 Å². The van der Waals surface area contributed by atoms with E-state index in [0.29, 0.717) is 13.2 Å². The molecule has 0 aliphatic carbocycles. The lowest BCUT2D eigenvalue weighted by molar-refractivity contribution is 0.0419. The average Bonchev–Trinajstić information content (AvgIpc) is 2.23. The maximum atomic E-state index is 9.60. The van der Waals surface area contributed by atoms with Crippen LogP contribution in [0.25, 0.3) is 0 Å². The van der Waals surface area contributed by atoms with Gasteiger partial charge in [0.1, 0.15) is 0 Å². The van der Waals surface area contributed by atoms with E-state index in [0.717, 1.165) is 22.3 Å². The molecule has 0 bridgehead atoms. The number of aliphatic hydroxyl groups excluding tert-OH is 1. The molecule has 0 saturated heterocycles. The Kier molecular flexibility index (Phi) is 5.91. The van der Waals surface area contributed by atoms with Gasteiger partial charge in [-0.05, 0) is 40.7 Å². The fourth-order valence-electron chi connectivity index (χ4n) is 1.67. The van der Waals surface area contributed by atoms with Crippen LogP contribution >= 0.6 is 15.9 Å². The van der Waals surface area contributed by atoms with Gasteiger partial charge in [-0.2, -0.15) is 0 Å². The largest absolute Gasteiger partial charge is 0.398 e. The molecular formula is C12H19BrN2O2. The molecule has 1 atom stereocenters. The van der Waals surface area contributed by atoms with Crippen molar-refractivity contribution >= 4 is 21.6 Å². The number of benzene rings is 1. The van der Waals surface area contributed by atoms with Crippen LogP contribution in [0.5, 0.6) is 0 Å². The summed E-state index contributed by atoms with van der Waals surface area (Å²) in [6, 6.07) is 5.88. The summed E-state index contributed by atoms with van der Waals surface area (Å²) < 4.78 is 5.79. The average molecular weight is 303 g/mol. The van der Waals surface area contributed by atoms with Crippen molar-refractivity contribution in [1.82, 2.24) is 4.90 Å². The Hall–Kier alpha value is -0.620. The summed E-state index contributed by atoms with van der Waals surface area (Å²) in [7, 11) is 3.54. The number of hydrogen-bond donors (Lipinski definition) is 2. The summed E-state index contributed by atoms with van der Waals surface area (Å²) >= 11 is 3.36. The Labute approximate surface area is 110 Å². The van der Waals surface area contributed by atoms with Gasteiger partial charge in [0.05, 0.1) is 12.7 Å². The van der Waals surface area contributed by atoms with E-state index >= 15 is 0 Å². The van der Waals surface area contributed by atoms with Crippen LogP contribution in [0.1, 0.15) is 5.56 Å². The Bertz CT molecular complexity index is 360. The van der Waals surface area contributed by atoms with Crippen LogP contribution < -0.4 is 5.73 Å². The highest BCUT2D eigenvalue weighted by molar-refractivity contribution is 9.10. The van der Waals surface area contributed by atoms with E-state index in [1.807, 2.05) is 30.1 Å². The lowest BCUT2D eigenvalue weighted by atomic mass is 10.2. The van der Waals surface area contributed by atoms with Crippen molar-refractivity contribution in [3.8, 4) is 0 Å². The molecule has 0 aromatic heterocycles. The molecule has 0 amide bonds. The number of nitrogens with two attached hydrogens (primary N) is 1. The van der Waals surface area contributed by atoms with E-state index in [2.05, 4.69) is 15.9 Å². The van der Waals surface area contributed by atoms with Gasteiger partial charge in [-0.25, -0.2) is 0 Å². The van der Waals surface area contributed by atoms with Crippen LogP contribution in [-0.2, 0) is 11.3 Å². The molecule has 1 aromatic carbocycles. The number of halogens is 1. The fraction of sp³-hybridized carbons (Fsp3) is 0.500. The summed E-state index contributed by atoms with van der Waals surface area (Å²) in [5.41, 5.74) is 7.66. The van der Waals surface area contributed by atoms with Gasteiger partial charge in [-0.1, -0.05) is 6.07 Å². The lowest BCUT2D eigenvalue weighted by Crippen LogP contribution is -2.31. The molecule has 1 aromatic rings. The van der Waals surface area contributed by atoms with E-state index in [-0.39, 0.29) is 0 Å². The third-order valence-corrected chi connectivity index (χ3v) is 3.12. The molecule has 0 aliphatic rings. The molecule has 0 radical (unpaired) electrons. The van der Waals surface area contributed by atoms with E-state index in [1.54, 1.807) is 7.11 Å². The van der Waals surface area contributed by atoms with Gasteiger partial charge in [-0.15, -0.1) is 0 Å². The Balaban J connectivity index is 2.50. The number of hydrogen-bond acceptors (Lipinski definition) is 4. The van der Waals surface area contributed by atoms with Crippen LogP contribution in [0.4, 0.5) is 5.69 Å². The highest BCUT2D eigenvalue weighted by atomic mass is 79.9. The summed E-state index contributed by atoms with van der Waals surface area (Å²) in [4.78, 5) is 2.03. The minimum atomic E-state index is -0.460. The molecule has 0 spiro atoms. The quantitative estimate of drug-likeness (QED) is 0.781. The molecule has 17 heavy (non-hydrogen) atoms. The maximum Gasteiger partial charge on any atom is 0.0900 e. The van der Waals surface area contributed by atoms with Gasteiger partial charge in [0.25, 0.3) is 0 Å². The van der Waals surface area contributed by atoms with Crippen molar-refractivity contribution in [3.63, 3.8) is 0 Å². The number of rotatable bonds is 6. The zero-order valence-corrected chi connectivity index (χ0v) is 11.8. The Morgan fingerprint density at radius 3 is 2.82 bits per heavy atom. The summed E-state index contributed by atoms with van der Waals surface area (Å²) in [6.07, 6.45) is -0.460. The fourth-order valence-corrected chi connectivity index (χ4v) is 1.92. The third-order valence-electron chi connectivity index (χ3n) is 2.39. The van der Waals surface area contributed by atoms with Crippen molar-refractivity contribution in [2.24, 2.45) is 0 Å². The van der Waals surface area contributed by atoms with Gasteiger partial charge in [0.2, 0.25) is 0 Å². The third kappa shape index (κ3) is 5.04. The van der Waals surface area contributed by atoms with E-state index < -0.39 is 6.10 Å². The van der Waals surface area contributed by atoms with Crippen molar-refractivity contribution < 1.29 is 9.84 Å². The smallest absolute Gasteiger partial charge is 0.0900 e. The van der Waals surface area contributed by atoms with Gasteiger partial charge < -0.3 is 15.6 Å². The predicted octanol–water partition coefficient (Wildman–Crippen LogP) is 1.47. The van der Waals surface area contributed by atoms with E-state index in [1.165, 1.54) is 0 Å². The highest BCUT2D eigenvalue weighted by Gasteiger charge is 2.08. The Morgan fingerprint density at radius 1 is 1.53 bits per heavy atom. The first-order chi connectivity index (χ1) is 8.02. The zero-order valence-electron chi connectivity index (χ0n) is 10.2. The number of aliphatic hydroxyl groups is 1. The van der Waals surface area contributed by atoms with E-state index in [4.69, 9.17) is 10.5 Å². The van der Waals surface area contributed by atoms with Crippen LogP contribution in [0.2, 0.25) is 0 Å². The molecule has 0 fully saturated rings. The molecule has 4 nitrogen and oxygen atoms in total. The molecule has 0 heterocycles. The maximum absolute atomic E-state index is 9.60. The van der Waals surface area contributed by atoms with Gasteiger partial charge in [0, 0.05) is 30.4 Å². The monoisotopic (exact) mass is 302 g/mol. The molecule has 96 valence electrons. The normalized spacial score (nSPS) is 13.0. The van der Waals surface area contributed by atoms with Gasteiger partial charge in [0.15, 0.2) is 0 Å². The number of methoxy groups -OCH3 is 1. The summed E-state index contributed by atoms with van der Waals surface area (Å²) in [6.45, 7) is 1.68. The van der Waals surface area contributed by atoms with Crippen LogP contribution in [0.15, 0.2) is 22.7 Å². The topological polar surface area (TPSA) is 58.7 Å². The second-order valence-electron chi connectivity index (χ2n) is 4.16. The predicted molar refractivity (Wildman–Crippen MR) is 72.8 cm³/mol. The second-order valence-corrected chi connectivity index (χ2v) is 5.02. The molecule has 1 rings (SSSR count). The standard InChI is InChI=1S/C12H19BrN2O2/c1-15(7-10(16)8-17-2)6-9-3-4-11(13)12(14)5-9/h3-5,10,16H,6-8,14H2,1-2H3. The molecule has 1 unspecified atom stereocenters. The summed E-state index contributed by atoms with van der Waals surface area (Å²) in [5.74, 6) is 0. The molecule has 0 saturated carbocycles. The minimum Gasteiger partial charge on any atom is -0.398 e. The second kappa shape index (κ2) is 6.96. The molecule has 5 heteroatoms. The number of nitrogens with zero attached hydrogens (tertiary/aromatic N) is 1. The van der Waals surface area contributed by atoms with Crippen LogP contribution in [0, 0.1) is 0 Å². The summed E-state index contributed by atoms with van der Waals surface area (Å²) in [5, 5.41) is 9.60. The minimum absolute atomic E-state index is 0.354. The Morgan fingerprint density at radius 2 is 2.24 bits per heavy atom. The zero-order chi connectivity index (χ0) is 12.8. The van der Waals surface area contributed by atoms with Crippen molar-refractivity contribution in [2.45, 2.75) is 12.6 Å². The first-order valence-electron chi connectivity index (χ1n) is 5.42. The molecule has 3 N–H and O–H groups in total. The van der Waals surface area contributed by atoms with Crippen molar-refractivity contribution in [2.75, 3.05) is 33.0 Å². The highest BCUT2D eigenvalue weighted by Crippen LogP contribution is 2.20. The lowest BCUT2D eigenvalue weighted by Gasteiger charge is -2.20. The number of likely N-dealkylation sites (N-methyl/N-ethyl adjacent to an activating group) is 1.